The van der Waals surface area contributed by atoms with Gasteiger partial charge >= 0.3 is 0 Å². The van der Waals surface area contributed by atoms with Gasteiger partial charge in [-0.1, -0.05) is 20.3 Å². The van der Waals surface area contributed by atoms with Crippen LogP contribution in [0.15, 0.2) is 0 Å². The third-order valence-electron chi connectivity index (χ3n) is 4.95. The molecule has 2 rings (SSSR count). The molecule has 1 aliphatic heterocycles. The van der Waals surface area contributed by atoms with E-state index in [9.17, 15) is 5.11 Å². The molecule has 4 heteroatoms. The molecule has 0 amide bonds. The lowest BCUT2D eigenvalue weighted by Crippen LogP contribution is -2.55. The molecular formula is C16H31NO3. The van der Waals surface area contributed by atoms with E-state index in [2.05, 4.69) is 25.7 Å². The number of ether oxygens (including phenoxy) is 2. The molecule has 3 unspecified atom stereocenters. The molecule has 1 heterocycles. The first-order valence-electron chi connectivity index (χ1n) is 8.33. The number of hydrogen-bond donors (Lipinski definition) is 1. The first-order chi connectivity index (χ1) is 9.62. The molecule has 0 aromatic rings. The maximum absolute atomic E-state index is 10.5. The average Bonchev–Trinajstić information content (AvgIpc) is 2.91. The monoisotopic (exact) mass is 285 g/mol. The molecule has 1 N–H and O–H groups in total. The molecule has 0 aromatic carbocycles. The molecule has 4 nitrogen and oxygen atoms in total. The van der Waals surface area contributed by atoms with E-state index in [1.807, 2.05) is 0 Å². The van der Waals surface area contributed by atoms with Gasteiger partial charge in [0.2, 0.25) is 0 Å². The Morgan fingerprint density at radius 2 is 2.00 bits per heavy atom. The highest BCUT2D eigenvalue weighted by Crippen LogP contribution is 2.38. The van der Waals surface area contributed by atoms with E-state index in [1.54, 1.807) is 0 Å². The van der Waals surface area contributed by atoms with Crippen molar-refractivity contribution in [2.75, 3.05) is 19.8 Å². The summed E-state index contributed by atoms with van der Waals surface area (Å²) in [6.07, 6.45) is 5.65. The summed E-state index contributed by atoms with van der Waals surface area (Å²) in [7, 11) is 0. The van der Waals surface area contributed by atoms with E-state index in [-0.39, 0.29) is 12.1 Å². The van der Waals surface area contributed by atoms with Crippen molar-refractivity contribution in [3.8, 4) is 0 Å². The van der Waals surface area contributed by atoms with Crippen LogP contribution in [0.3, 0.4) is 0 Å². The molecule has 118 valence electrons. The summed E-state index contributed by atoms with van der Waals surface area (Å²) in [4.78, 5) is 2.49. The van der Waals surface area contributed by atoms with Gasteiger partial charge in [-0.3, -0.25) is 4.90 Å². The van der Waals surface area contributed by atoms with E-state index in [1.165, 1.54) is 12.8 Å². The summed E-state index contributed by atoms with van der Waals surface area (Å²) in [6, 6.07) is 0.668. The summed E-state index contributed by atoms with van der Waals surface area (Å²) >= 11 is 0. The smallest absolute Gasteiger partial charge is 0.170 e. The van der Waals surface area contributed by atoms with Crippen LogP contribution in [-0.4, -0.2) is 53.7 Å². The maximum atomic E-state index is 10.5. The summed E-state index contributed by atoms with van der Waals surface area (Å²) in [6.45, 7) is 9.15. The van der Waals surface area contributed by atoms with Crippen LogP contribution in [0.2, 0.25) is 0 Å². The van der Waals surface area contributed by atoms with Crippen molar-refractivity contribution >= 4 is 0 Å². The average molecular weight is 285 g/mol. The fourth-order valence-electron chi connectivity index (χ4n) is 3.50. The third-order valence-corrected chi connectivity index (χ3v) is 4.95. The predicted octanol–water partition coefficient (Wildman–Crippen LogP) is 2.54. The summed E-state index contributed by atoms with van der Waals surface area (Å²) in [5.74, 6) is -0.415. The largest absolute Gasteiger partial charge is 0.391 e. The molecular weight excluding hydrogens is 254 g/mol. The van der Waals surface area contributed by atoms with Crippen LogP contribution in [0.4, 0.5) is 0 Å². The minimum atomic E-state index is -0.415. The number of unbranched alkanes of at least 4 members (excludes halogenated alkanes) is 1. The third kappa shape index (κ3) is 3.53. The Kier molecular flexibility index (Phi) is 5.84. The van der Waals surface area contributed by atoms with Crippen LogP contribution >= 0.6 is 0 Å². The fourth-order valence-corrected chi connectivity index (χ4v) is 3.50. The highest BCUT2D eigenvalue weighted by molar-refractivity contribution is 4.94. The molecule has 0 radical (unpaired) electrons. The minimum Gasteiger partial charge on any atom is -0.391 e. The highest BCUT2D eigenvalue weighted by Gasteiger charge is 2.46. The van der Waals surface area contributed by atoms with Gasteiger partial charge in [0, 0.05) is 24.9 Å². The molecule has 0 aromatic heterocycles. The van der Waals surface area contributed by atoms with Gasteiger partial charge in [0.15, 0.2) is 5.79 Å². The molecule has 3 atom stereocenters. The van der Waals surface area contributed by atoms with E-state index < -0.39 is 5.79 Å². The maximum Gasteiger partial charge on any atom is 0.170 e. The van der Waals surface area contributed by atoms with Crippen LogP contribution in [0.5, 0.6) is 0 Å². The van der Waals surface area contributed by atoms with Gasteiger partial charge in [-0.2, -0.15) is 0 Å². The molecule has 1 spiro atoms. The number of aliphatic hydroxyl groups is 1. The number of hydrogen-bond acceptors (Lipinski definition) is 4. The van der Waals surface area contributed by atoms with Crippen molar-refractivity contribution < 1.29 is 14.6 Å². The second kappa shape index (κ2) is 7.21. The second-order valence-corrected chi connectivity index (χ2v) is 6.33. The van der Waals surface area contributed by atoms with E-state index >= 15 is 0 Å². The van der Waals surface area contributed by atoms with Crippen molar-refractivity contribution in [1.82, 2.24) is 4.90 Å². The molecule has 20 heavy (non-hydrogen) atoms. The Balaban J connectivity index is 2.07. The summed E-state index contributed by atoms with van der Waals surface area (Å²) in [5.41, 5.74) is 0. The van der Waals surface area contributed by atoms with Crippen molar-refractivity contribution in [2.45, 2.75) is 83.3 Å². The van der Waals surface area contributed by atoms with Crippen molar-refractivity contribution in [2.24, 2.45) is 0 Å². The molecule has 1 saturated carbocycles. The van der Waals surface area contributed by atoms with E-state index in [0.717, 1.165) is 32.2 Å². The topological polar surface area (TPSA) is 41.9 Å². The van der Waals surface area contributed by atoms with Gasteiger partial charge in [-0.15, -0.1) is 0 Å². The van der Waals surface area contributed by atoms with Crippen molar-refractivity contribution in [3.63, 3.8) is 0 Å². The number of rotatable bonds is 6. The molecule has 1 saturated heterocycles. The Labute approximate surface area is 123 Å². The first kappa shape index (κ1) is 16.2. The molecule has 2 aliphatic rings. The van der Waals surface area contributed by atoms with Crippen LogP contribution in [0, 0.1) is 0 Å². The Bertz CT molecular complexity index is 291. The standard InChI is InChI=1S/C16H31NO3/c1-4-6-9-17(13(3)5-2)14-12-16(8-7-15(14)18)19-10-11-20-16/h13-15,18H,4-12H2,1-3H3. The molecule has 1 aliphatic carbocycles. The lowest BCUT2D eigenvalue weighted by Gasteiger charge is -2.46. The highest BCUT2D eigenvalue weighted by atomic mass is 16.7. The van der Waals surface area contributed by atoms with Gasteiger partial charge in [-0.25, -0.2) is 0 Å². The van der Waals surface area contributed by atoms with Crippen LogP contribution < -0.4 is 0 Å². The van der Waals surface area contributed by atoms with E-state index in [0.29, 0.717) is 19.3 Å². The normalized spacial score (nSPS) is 31.1. The SMILES string of the molecule is CCCCN(C(C)CC)C1CC2(CCC1O)OCCO2. The Morgan fingerprint density at radius 1 is 1.30 bits per heavy atom. The molecule has 2 fully saturated rings. The molecule has 0 bridgehead atoms. The van der Waals surface area contributed by atoms with Gasteiger partial charge < -0.3 is 14.6 Å². The zero-order valence-corrected chi connectivity index (χ0v) is 13.3. The van der Waals surface area contributed by atoms with Gasteiger partial charge in [0.05, 0.1) is 19.3 Å². The lowest BCUT2D eigenvalue weighted by atomic mass is 9.85. The van der Waals surface area contributed by atoms with Crippen LogP contribution in [0.25, 0.3) is 0 Å². The van der Waals surface area contributed by atoms with Crippen LogP contribution in [0.1, 0.15) is 59.3 Å². The number of aliphatic hydroxyl groups excluding tert-OH is 1. The van der Waals surface area contributed by atoms with Gasteiger partial charge in [0.1, 0.15) is 0 Å². The second-order valence-electron chi connectivity index (χ2n) is 6.33. The van der Waals surface area contributed by atoms with E-state index in [4.69, 9.17) is 9.47 Å². The van der Waals surface area contributed by atoms with Gasteiger partial charge in [-0.05, 0) is 32.7 Å². The summed E-state index contributed by atoms with van der Waals surface area (Å²) in [5, 5.41) is 10.5. The van der Waals surface area contributed by atoms with Gasteiger partial charge in [0.25, 0.3) is 0 Å². The Morgan fingerprint density at radius 3 is 2.60 bits per heavy atom. The quantitative estimate of drug-likeness (QED) is 0.814. The summed E-state index contributed by atoms with van der Waals surface area (Å²) < 4.78 is 11.7. The van der Waals surface area contributed by atoms with Crippen molar-refractivity contribution in [1.29, 1.82) is 0 Å². The lowest BCUT2D eigenvalue weighted by molar-refractivity contribution is -0.207. The van der Waals surface area contributed by atoms with Crippen LogP contribution in [-0.2, 0) is 9.47 Å². The van der Waals surface area contributed by atoms with Crippen molar-refractivity contribution in [3.05, 3.63) is 0 Å². The first-order valence-corrected chi connectivity index (χ1v) is 8.33. The fraction of sp³-hybridized carbons (Fsp3) is 1.00. The minimum absolute atomic E-state index is 0.170. The zero-order chi connectivity index (χ0) is 14.6. The zero-order valence-electron chi connectivity index (χ0n) is 13.3. The Hall–Kier alpha value is -0.160. The number of nitrogens with zero attached hydrogens (tertiary/aromatic N) is 1. The predicted molar refractivity (Wildman–Crippen MR) is 79.6 cm³/mol.